The second-order valence-corrected chi connectivity index (χ2v) is 11.7. The molecule has 3 rings (SSSR count). The average Bonchev–Trinajstić information content (AvgIpc) is 3.37. The highest BCUT2D eigenvalue weighted by Gasteiger charge is 2.32. The molecule has 8 nitrogen and oxygen atoms in total. The minimum absolute atomic E-state index is 0.0748. The van der Waals surface area contributed by atoms with Gasteiger partial charge in [-0.1, -0.05) is 12.1 Å². The molecule has 1 N–H and O–H groups in total. The van der Waals surface area contributed by atoms with Crippen LogP contribution in [-0.2, 0) is 29.4 Å². The van der Waals surface area contributed by atoms with Crippen LogP contribution in [0.3, 0.4) is 0 Å². The topological polar surface area (TPSA) is 92.1 Å². The molecular weight excluding hydrogens is 547 g/mol. The molecule has 0 unspecified atom stereocenters. The molecule has 0 radical (unpaired) electrons. The van der Waals surface area contributed by atoms with Gasteiger partial charge in [-0.3, -0.25) is 0 Å². The number of anilines is 1. The van der Waals surface area contributed by atoms with Crippen molar-refractivity contribution >= 4 is 21.8 Å². The number of nitrogens with zero attached hydrogens (tertiary/aromatic N) is 2. The van der Waals surface area contributed by atoms with Crippen LogP contribution in [0.2, 0.25) is 0 Å². The number of hydrogen-bond donors (Lipinski definition) is 1. The standard InChI is InChI=1S/C28H34F3N3O5S/c1-6-33(7-2)22-14-13-20(18-34(19-23-11-9-15-38-23)26(35)32-27(3,4)5)25(17-22)39-40(36,37)24-12-8-10-21(16-24)28(29,30)31/h8-17H,6-7,18-19H2,1-5H3,(H,32,35). The Morgan fingerprint density at radius 1 is 0.975 bits per heavy atom. The maximum Gasteiger partial charge on any atom is 0.416 e. The predicted octanol–water partition coefficient (Wildman–Crippen LogP) is 6.42. The van der Waals surface area contributed by atoms with Crippen LogP contribution in [0.5, 0.6) is 5.75 Å². The van der Waals surface area contributed by atoms with Crippen LogP contribution in [-0.4, -0.2) is 38.0 Å². The number of hydrogen-bond acceptors (Lipinski definition) is 6. The van der Waals surface area contributed by atoms with Crippen molar-refractivity contribution in [3.63, 3.8) is 0 Å². The van der Waals surface area contributed by atoms with Crippen LogP contribution in [0.1, 0.15) is 51.5 Å². The Bertz CT molecular complexity index is 1400. The normalized spacial score (nSPS) is 12.2. The van der Waals surface area contributed by atoms with E-state index in [-0.39, 0.29) is 18.8 Å². The number of urea groups is 1. The number of benzene rings is 2. The third kappa shape index (κ3) is 8.17. The summed E-state index contributed by atoms with van der Waals surface area (Å²) in [6, 6.07) is 11.3. The zero-order chi connectivity index (χ0) is 29.7. The van der Waals surface area contributed by atoms with Crippen molar-refractivity contribution in [3.05, 3.63) is 77.7 Å². The van der Waals surface area contributed by atoms with Gasteiger partial charge in [0.2, 0.25) is 0 Å². The van der Waals surface area contributed by atoms with Gasteiger partial charge in [0.05, 0.1) is 24.9 Å². The van der Waals surface area contributed by atoms with Crippen molar-refractivity contribution in [2.45, 2.75) is 64.3 Å². The monoisotopic (exact) mass is 581 g/mol. The van der Waals surface area contributed by atoms with E-state index >= 15 is 0 Å². The first kappa shape index (κ1) is 30.9. The molecule has 0 aliphatic carbocycles. The molecule has 0 bridgehead atoms. The fraction of sp³-hybridized carbons (Fsp3) is 0.393. The van der Waals surface area contributed by atoms with Gasteiger partial charge in [-0.25, -0.2) is 4.79 Å². The fourth-order valence-corrected chi connectivity index (χ4v) is 4.93. The predicted molar refractivity (Wildman–Crippen MR) is 146 cm³/mol. The summed E-state index contributed by atoms with van der Waals surface area (Å²) >= 11 is 0. The Balaban J connectivity index is 2.05. The van der Waals surface area contributed by atoms with Gasteiger partial charge in [-0.15, -0.1) is 0 Å². The third-order valence-electron chi connectivity index (χ3n) is 5.89. The molecule has 0 fully saturated rings. The number of furan rings is 1. The van der Waals surface area contributed by atoms with Crippen LogP contribution in [0, 0.1) is 0 Å². The molecule has 218 valence electrons. The van der Waals surface area contributed by atoms with E-state index in [0.717, 1.165) is 18.2 Å². The summed E-state index contributed by atoms with van der Waals surface area (Å²) < 4.78 is 77.1. The van der Waals surface area contributed by atoms with E-state index in [1.165, 1.54) is 17.2 Å². The van der Waals surface area contributed by atoms with E-state index < -0.39 is 38.3 Å². The first-order valence-electron chi connectivity index (χ1n) is 12.7. The van der Waals surface area contributed by atoms with E-state index in [4.69, 9.17) is 8.60 Å². The lowest BCUT2D eigenvalue weighted by Gasteiger charge is -2.29. The van der Waals surface area contributed by atoms with Crippen LogP contribution in [0.4, 0.5) is 23.7 Å². The molecule has 0 aliphatic heterocycles. The number of rotatable bonds is 10. The van der Waals surface area contributed by atoms with Crippen LogP contribution in [0.25, 0.3) is 0 Å². The minimum atomic E-state index is -4.73. The summed E-state index contributed by atoms with van der Waals surface area (Å²) in [5.74, 6) is 0.401. The summed E-state index contributed by atoms with van der Waals surface area (Å²) in [7, 11) is -4.67. The fourth-order valence-electron chi connectivity index (χ4n) is 3.93. The molecule has 3 aromatic rings. The number of alkyl halides is 3. The van der Waals surface area contributed by atoms with Gasteiger partial charge >= 0.3 is 22.3 Å². The van der Waals surface area contributed by atoms with Crippen molar-refractivity contribution in [1.82, 2.24) is 10.2 Å². The van der Waals surface area contributed by atoms with Crippen LogP contribution >= 0.6 is 0 Å². The Labute approximate surface area is 232 Å². The number of amides is 2. The molecule has 1 aromatic heterocycles. The third-order valence-corrected chi connectivity index (χ3v) is 7.12. The highest BCUT2D eigenvalue weighted by atomic mass is 32.2. The number of nitrogens with one attached hydrogen (secondary N) is 1. The van der Waals surface area contributed by atoms with E-state index in [1.54, 1.807) is 24.3 Å². The second-order valence-electron chi connectivity index (χ2n) is 10.1. The van der Waals surface area contributed by atoms with Gasteiger partial charge in [0.25, 0.3) is 0 Å². The minimum Gasteiger partial charge on any atom is -0.467 e. The summed E-state index contributed by atoms with van der Waals surface area (Å²) in [6.07, 6.45) is -3.25. The summed E-state index contributed by atoms with van der Waals surface area (Å²) in [5.41, 5.74) is -0.684. The Hall–Kier alpha value is -3.67. The van der Waals surface area contributed by atoms with Gasteiger partial charge in [-0.05, 0) is 71.0 Å². The smallest absolute Gasteiger partial charge is 0.416 e. The molecule has 2 aromatic carbocycles. The zero-order valence-electron chi connectivity index (χ0n) is 23.1. The molecule has 12 heteroatoms. The quantitative estimate of drug-likeness (QED) is 0.278. The van der Waals surface area contributed by atoms with E-state index in [0.29, 0.717) is 36.2 Å². The lowest BCUT2D eigenvalue weighted by atomic mass is 10.1. The molecule has 2 amide bonds. The summed E-state index contributed by atoms with van der Waals surface area (Å²) in [6.45, 7) is 10.6. The van der Waals surface area contributed by atoms with E-state index in [2.05, 4.69) is 5.32 Å². The summed E-state index contributed by atoms with van der Waals surface area (Å²) in [4.78, 5) is 16.0. The van der Waals surface area contributed by atoms with E-state index in [1.807, 2.05) is 39.5 Å². The summed E-state index contributed by atoms with van der Waals surface area (Å²) in [5, 5.41) is 2.89. The van der Waals surface area contributed by atoms with Crippen LogP contribution in [0.15, 0.2) is 70.2 Å². The maximum atomic E-state index is 13.3. The van der Waals surface area contributed by atoms with Gasteiger partial charge in [0, 0.05) is 35.9 Å². The highest BCUT2D eigenvalue weighted by molar-refractivity contribution is 7.87. The largest absolute Gasteiger partial charge is 0.467 e. The molecule has 0 atom stereocenters. The number of carbonyl (C=O) groups excluding carboxylic acids is 1. The SMILES string of the molecule is CCN(CC)c1ccc(CN(Cc2ccco2)C(=O)NC(C)(C)C)c(OS(=O)(=O)c2cccc(C(F)(F)F)c2)c1. The molecule has 0 aliphatic rings. The molecule has 40 heavy (non-hydrogen) atoms. The van der Waals surface area contributed by atoms with Crippen LogP contribution < -0.4 is 14.4 Å². The highest BCUT2D eigenvalue weighted by Crippen LogP contribution is 2.33. The van der Waals surface area contributed by atoms with Gasteiger partial charge in [0.15, 0.2) is 0 Å². The number of halogens is 3. The van der Waals surface area contributed by atoms with Crippen molar-refractivity contribution in [2.24, 2.45) is 0 Å². The second kappa shape index (κ2) is 12.2. The Kier molecular flexibility index (Phi) is 9.44. The molecule has 1 heterocycles. The van der Waals surface area contributed by atoms with E-state index in [9.17, 15) is 26.4 Å². The maximum absolute atomic E-state index is 13.3. The first-order chi connectivity index (χ1) is 18.6. The average molecular weight is 582 g/mol. The number of carbonyl (C=O) groups is 1. The lowest BCUT2D eigenvalue weighted by Crippen LogP contribution is -2.48. The first-order valence-corrected chi connectivity index (χ1v) is 14.1. The zero-order valence-corrected chi connectivity index (χ0v) is 23.9. The molecule has 0 saturated carbocycles. The Morgan fingerprint density at radius 3 is 2.25 bits per heavy atom. The molecule has 0 spiro atoms. The Morgan fingerprint density at radius 2 is 1.68 bits per heavy atom. The molecule has 0 saturated heterocycles. The van der Waals surface area contributed by atoms with Gasteiger partial charge in [-0.2, -0.15) is 21.6 Å². The van der Waals surface area contributed by atoms with Crippen molar-refractivity contribution in [2.75, 3.05) is 18.0 Å². The van der Waals surface area contributed by atoms with Crippen molar-refractivity contribution < 1.29 is 35.0 Å². The van der Waals surface area contributed by atoms with Gasteiger partial charge < -0.3 is 23.7 Å². The van der Waals surface area contributed by atoms with Crippen molar-refractivity contribution in [3.8, 4) is 5.75 Å². The van der Waals surface area contributed by atoms with Gasteiger partial charge in [0.1, 0.15) is 16.4 Å². The van der Waals surface area contributed by atoms with Crippen molar-refractivity contribution in [1.29, 1.82) is 0 Å². The molecular formula is C28H34F3N3O5S. The lowest BCUT2D eigenvalue weighted by molar-refractivity contribution is -0.137.